The zero-order valence-corrected chi connectivity index (χ0v) is 11.1. The van der Waals surface area contributed by atoms with E-state index in [0.717, 1.165) is 30.7 Å². The SMILES string of the molecule is C#CCN(CC1CC1)C(=O)CC1CC2CCC1C2. The van der Waals surface area contributed by atoms with Gasteiger partial charge in [-0.25, -0.2) is 0 Å². The van der Waals surface area contributed by atoms with Gasteiger partial charge in [-0.05, 0) is 55.8 Å². The van der Waals surface area contributed by atoms with Crippen LogP contribution in [0, 0.1) is 36.0 Å². The number of carbonyl (C=O) groups excluding carboxylic acids is 1. The fourth-order valence-electron chi connectivity index (χ4n) is 3.96. The van der Waals surface area contributed by atoms with E-state index in [2.05, 4.69) is 5.92 Å². The van der Waals surface area contributed by atoms with Crippen LogP contribution in [0.2, 0.25) is 0 Å². The smallest absolute Gasteiger partial charge is 0.223 e. The van der Waals surface area contributed by atoms with Gasteiger partial charge in [-0.2, -0.15) is 0 Å². The van der Waals surface area contributed by atoms with Gasteiger partial charge in [0.2, 0.25) is 5.91 Å². The molecule has 3 fully saturated rings. The molecule has 0 aromatic carbocycles. The Morgan fingerprint density at radius 3 is 2.61 bits per heavy atom. The summed E-state index contributed by atoms with van der Waals surface area (Å²) in [5, 5.41) is 0. The minimum absolute atomic E-state index is 0.317. The summed E-state index contributed by atoms with van der Waals surface area (Å²) in [6.45, 7) is 1.42. The first-order chi connectivity index (χ1) is 8.76. The summed E-state index contributed by atoms with van der Waals surface area (Å²) >= 11 is 0. The van der Waals surface area contributed by atoms with Crippen molar-refractivity contribution in [1.29, 1.82) is 0 Å². The molecule has 2 heteroatoms. The third-order valence-electron chi connectivity index (χ3n) is 5.13. The minimum Gasteiger partial charge on any atom is -0.331 e. The third-order valence-corrected chi connectivity index (χ3v) is 5.13. The summed E-state index contributed by atoms with van der Waals surface area (Å²) in [5.74, 6) is 6.13. The van der Waals surface area contributed by atoms with Gasteiger partial charge in [0.25, 0.3) is 0 Å². The van der Waals surface area contributed by atoms with Crippen LogP contribution in [0.25, 0.3) is 0 Å². The lowest BCUT2D eigenvalue weighted by Gasteiger charge is -2.25. The standard InChI is InChI=1S/C16H23NO/c1-2-7-17(11-12-3-4-12)16(18)10-15-9-13-5-6-14(15)8-13/h1,12-15H,3-11H2. The average Bonchev–Trinajstić information content (AvgIpc) is 2.93. The second-order valence-electron chi connectivity index (χ2n) is 6.56. The second kappa shape index (κ2) is 4.96. The van der Waals surface area contributed by atoms with E-state index in [4.69, 9.17) is 6.42 Å². The van der Waals surface area contributed by atoms with Crippen molar-refractivity contribution in [2.75, 3.05) is 13.1 Å². The fraction of sp³-hybridized carbons (Fsp3) is 0.812. The Kier molecular flexibility index (Phi) is 3.33. The molecule has 0 radical (unpaired) electrons. The Bertz CT molecular complexity index is 366. The zero-order valence-electron chi connectivity index (χ0n) is 11.1. The van der Waals surface area contributed by atoms with Gasteiger partial charge >= 0.3 is 0 Å². The Balaban J connectivity index is 1.53. The highest BCUT2D eigenvalue weighted by Gasteiger charge is 2.40. The first-order valence-corrected chi connectivity index (χ1v) is 7.47. The Labute approximate surface area is 110 Å². The molecule has 0 aliphatic heterocycles. The lowest BCUT2D eigenvalue weighted by atomic mass is 9.86. The van der Waals surface area contributed by atoms with Gasteiger partial charge in [-0.1, -0.05) is 12.3 Å². The van der Waals surface area contributed by atoms with E-state index in [1.54, 1.807) is 0 Å². The van der Waals surface area contributed by atoms with Crippen LogP contribution in [0.3, 0.4) is 0 Å². The van der Waals surface area contributed by atoms with Crippen molar-refractivity contribution >= 4 is 5.91 Å². The van der Waals surface area contributed by atoms with E-state index >= 15 is 0 Å². The van der Waals surface area contributed by atoms with Gasteiger partial charge < -0.3 is 4.90 Å². The predicted molar refractivity (Wildman–Crippen MR) is 71.7 cm³/mol. The molecule has 3 saturated carbocycles. The molecule has 3 aliphatic rings. The molecule has 3 unspecified atom stereocenters. The molecule has 18 heavy (non-hydrogen) atoms. The van der Waals surface area contributed by atoms with Crippen LogP contribution in [-0.4, -0.2) is 23.9 Å². The number of carbonyl (C=O) groups is 1. The predicted octanol–water partition coefficient (Wildman–Crippen LogP) is 2.68. The van der Waals surface area contributed by atoms with Crippen LogP contribution in [0.4, 0.5) is 0 Å². The number of hydrogen-bond donors (Lipinski definition) is 0. The monoisotopic (exact) mass is 245 g/mol. The highest BCUT2D eigenvalue weighted by atomic mass is 16.2. The summed E-state index contributed by atoms with van der Waals surface area (Å²) in [6.07, 6.45) is 14.2. The largest absolute Gasteiger partial charge is 0.331 e. The van der Waals surface area contributed by atoms with E-state index in [0.29, 0.717) is 18.4 Å². The maximum Gasteiger partial charge on any atom is 0.223 e. The number of terminal acetylenes is 1. The van der Waals surface area contributed by atoms with Crippen molar-refractivity contribution in [3.05, 3.63) is 0 Å². The van der Waals surface area contributed by atoms with E-state index in [1.807, 2.05) is 4.90 Å². The first-order valence-electron chi connectivity index (χ1n) is 7.47. The number of amides is 1. The minimum atomic E-state index is 0.317. The molecular weight excluding hydrogens is 222 g/mol. The Morgan fingerprint density at radius 2 is 2.06 bits per heavy atom. The Morgan fingerprint density at radius 1 is 1.22 bits per heavy atom. The second-order valence-corrected chi connectivity index (χ2v) is 6.56. The van der Waals surface area contributed by atoms with Gasteiger partial charge in [0, 0.05) is 13.0 Å². The normalized spacial score (nSPS) is 33.4. The molecule has 2 bridgehead atoms. The van der Waals surface area contributed by atoms with Crippen molar-refractivity contribution in [1.82, 2.24) is 4.90 Å². The molecule has 0 N–H and O–H groups in total. The topological polar surface area (TPSA) is 20.3 Å². The van der Waals surface area contributed by atoms with Crippen LogP contribution in [0.15, 0.2) is 0 Å². The highest BCUT2D eigenvalue weighted by molar-refractivity contribution is 5.76. The molecule has 0 spiro atoms. The number of hydrogen-bond acceptors (Lipinski definition) is 1. The van der Waals surface area contributed by atoms with Crippen molar-refractivity contribution in [3.63, 3.8) is 0 Å². The summed E-state index contributed by atoms with van der Waals surface area (Å²) in [4.78, 5) is 14.3. The highest BCUT2D eigenvalue weighted by Crippen LogP contribution is 2.49. The molecular formula is C16H23NO. The van der Waals surface area contributed by atoms with Crippen LogP contribution in [0.5, 0.6) is 0 Å². The Hall–Kier alpha value is -0.970. The first kappa shape index (κ1) is 12.1. The van der Waals surface area contributed by atoms with Crippen molar-refractivity contribution < 1.29 is 4.79 Å². The summed E-state index contributed by atoms with van der Waals surface area (Å²) in [7, 11) is 0. The molecule has 1 amide bonds. The molecule has 98 valence electrons. The quantitative estimate of drug-likeness (QED) is 0.682. The number of nitrogens with zero attached hydrogens (tertiary/aromatic N) is 1. The van der Waals surface area contributed by atoms with E-state index < -0.39 is 0 Å². The van der Waals surface area contributed by atoms with Gasteiger partial charge in [-0.15, -0.1) is 6.42 Å². The van der Waals surface area contributed by atoms with E-state index in [9.17, 15) is 4.79 Å². The zero-order chi connectivity index (χ0) is 12.5. The van der Waals surface area contributed by atoms with Crippen LogP contribution >= 0.6 is 0 Å². The van der Waals surface area contributed by atoms with Gasteiger partial charge in [0.15, 0.2) is 0 Å². The molecule has 2 nitrogen and oxygen atoms in total. The molecule has 3 rings (SSSR count). The molecule has 0 aromatic rings. The fourth-order valence-corrected chi connectivity index (χ4v) is 3.96. The summed E-state index contributed by atoms with van der Waals surface area (Å²) in [6, 6.07) is 0. The summed E-state index contributed by atoms with van der Waals surface area (Å²) < 4.78 is 0. The lowest BCUT2D eigenvalue weighted by Crippen LogP contribution is -2.35. The van der Waals surface area contributed by atoms with E-state index in [1.165, 1.54) is 38.5 Å². The van der Waals surface area contributed by atoms with Crippen LogP contribution in [-0.2, 0) is 4.79 Å². The number of fused-ring (bicyclic) bond motifs is 2. The maximum absolute atomic E-state index is 12.4. The molecule has 3 aliphatic carbocycles. The molecule has 0 saturated heterocycles. The van der Waals surface area contributed by atoms with Crippen molar-refractivity contribution in [3.8, 4) is 12.3 Å². The van der Waals surface area contributed by atoms with Gasteiger partial charge in [-0.3, -0.25) is 4.79 Å². The third kappa shape index (κ3) is 2.55. The van der Waals surface area contributed by atoms with E-state index in [-0.39, 0.29) is 0 Å². The number of rotatable bonds is 5. The van der Waals surface area contributed by atoms with Crippen LogP contribution < -0.4 is 0 Å². The molecule has 0 aromatic heterocycles. The van der Waals surface area contributed by atoms with Crippen molar-refractivity contribution in [2.24, 2.45) is 23.7 Å². The average molecular weight is 245 g/mol. The van der Waals surface area contributed by atoms with Gasteiger partial charge in [0.05, 0.1) is 6.54 Å². The van der Waals surface area contributed by atoms with Gasteiger partial charge in [0.1, 0.15) is 0 Å². The summed E-state index contributed by atoms with van der Waals surface area (Å²) in [5.41, 5.74) is 0. The lowest BCUT2D eigenvalue weighted by molar-refractivity contribution is -0.132. The van der Waals surface area contributed by atoms with Crippen LogP contribution in [0.1, 0.15) is 44.9 Å². The molecule has 0 heterocycles. The maximum atomic E-state index is 12.4. The molecule has 3 atom stereocenters. The van der Waals surface area contributed by atoms with Crippen molar-refractivity contribution in [2.45, 2.75) is 44.9 Å².